The van der Waals surface area contributed by atoms with Crippen LogP contribution >= 0.6 is 0 Å². The van der Waals surface area contributed by atoms with Crippen LogP contribution in [0.3, 0.4) is 0 Å². The van der Waals surface area contributed by atoms with Crippen molar-refractivity contribution in [3.63, 3.8) is 0 Å². The van der Waals surface area contributed by atoms with Gasteiger partial charge in [0.05, 0.1) is 6.10 Å². The van der Waals surface area contributed by atoms with E-state index in [1.54, 1.807) is 6.92 Å². The number of aryl methyl sites for hydroxylation is 2. The number of nitrogens with zero attached hydrogens (tertiary/aromatic N) is 2. The second kappa shape index (κ2) is 6.40. The highest BCUT2D eigenvalue weighted by atomic mass is 16.3. The van der Waals surface area contributed by atoms with Crippen LogP contribution in [0.15, 0.2) is 6.07 Å². The molecule has 16 heavy (non-hydrogen) atoms. The van der Waals surface area contributed by atoms with Crippen molar-refractivity contribution in [2.24, 2.45) is 0 Å². The molecule has 1 unspecified atom stereocenters. The van der Waals surface area contributed by atoms with Crippen molar-refractivity contribution in [3.05, 3.63) is 17.5 Å². The van der Waals surface area contributed by atoms with Gasteiger partial charge in [0.15, 0.2) is 0 Å². The first kappa shape index (κ1) is 12.9. The molecule has 1 heterocycles. The molecule has 1 atom stereocenters. The molecule has 0 radical (unpaired) electrons. The molecule has 3 N–H and O–H groups in total. The number of aliphatic hydroxyl groups excluding tert-OH is 1. The van der Waals surface area contributed by atoms with Crippen LogP contribution in [0.25, 0.3) is 0 Å². The highest BCUT2D eigenvalue weighted by Gasteiger charge is 1.98. The van der Waals surface area contributed by atoms with Gasteiger partial charge in [-0.1, -0.05) is 0 Å². The maximum absolute atomic E-state index is 9.03. The van der Waals surface area contributed by atoms with E-state index in [0.717, 1.165) is 24.5 Å². The van der Waals surface area contributed by atoms with Crippen LogP contribution in [0.4, 0.5) is 5.95 Å². The average molecular weight is 224 g/mol. The molecule has 0 bridgehead atoms. The van der Waals surface area contributed by atoms with Crippen LogP contribution in [0.2, 0.25) is 0 Å². The van der Waals surface area contributed by atoms with E-state index in [1.165, 1.54) is 0 Å². The molecule has 0 aromatic carbocycles. The average Bonchev–Trinajstić information content (AvgIpc) is 2.15. The van der Waals surface area contributed by atoms with Gasteiger partial charge in [0.2, 0.25) is 5.95 Å². The minimum atomic E-state index is -0.308. The van der Waals surface area contributed by atoms with Crippen molar-refractivity contribution in [1.82, 2.24) is 15.3 Å². The largest absolute Gasteiger partial charge is 0.392 e. The highest BCUT2D eigenvalue weighted by Crippen LogP contribution is 2.02. The SMILES string of the molecule is Cc1cc(C)nc(NCCNCC(C)O)n1. The first-order valence-corrected chi connectivity index (χ1v) is 5.53. The summed E-state index contributed by atoms with van der Waals surface area (Å²) in [4.78, 5) is 8.53. The van der Waals surface area contributed by atoms with E-state index < -0.39 is 0 Å². The summed E-state index contributed by atoms with van der Waals surface area (Å²) in [6, 6.07) is 1.94. The maximum atomic E-state index is 9.03. The van der Waals surface area contributed by atoms with Gasteiger partial charge in [0.25, 0.3) is 0 Å². The lowest BCUT2D eigenvalue weighted by molar-refractivity contribution is 0.192. The molecule has 0 aliphatic carbocycles. The number of aliphatic hydroxyl groups is 1. The summed E-state index contributed by atoms with van der Waals surface area (Å²) in [6.07, 6.45) is -0.308. The maximum Gasteiger partial charge on any atom is 0.223 e. The summed E-state index contributed by atoms with van der Waals surface area (Å²) in [6.45, 7) is 7.79. The van der Waals surface area contributed by atoms with Crippen molar-refractivity contribution in [3.8, 4) is 0 Å². The van der Waals surface area contributed by atoms with Crippen LogP contribution in [-0.4, -0.2) is 40.8 Å². The summed E-state index contributed by atoms with van der Waals surface area (Å²) in [7, 11) is 0. The summed E-state index contributed by atoms with van der Waals surface area (Å²) < 4.78 is 0. The fraction of sp³-hybridized carbons (Fsp3) is 0.636. The van der Waals surface area contributed by atoms with Crippen molar-refractivity contribution in [2.45, 2.75) is 26.9 Å². The van der Waals surface area contributed by atoms with Gasteiger partial charge in [-0.2, -0.15) is 0 Å². The van der Waals surface area contributed by atoms with Crippen LogP contribution in [0.5, 0.6) is 0 Å². The molecule has 1 aromatic heterocycles. The number of hydrogen-bond donors (Lipinski definition) is 3. The zero-order valence-electron chi connectivity index (χ0n) is 10.1. The van der Waals surface area contributed by atoms with Crippen molar-refractivity contribution in [1.29, 1.82) is 0 Å². The molecule has 0 aliphatic heterocycles. The van der Waals surface area contributed by atoms with Crippen LogP contribution in [-0.2, 0) is 0 Å². The van der Waals surface area contributed by atoms with E-state index in [0.29, 0.717) is 12.5 Å². The van der Waals surface area contributed by atoms with Crippen LogP contribution in [0.1, 0.15) is 18.3 Å². The summed E-state index contributed by atoms with van der Waals surface area (Å²) in [5, 5.41) is 15.3. The zero-order chi connectivity index (χ0) is 12.0. The molecular formula is C11H20N4O. The Morgan fingerprint density at radius 3 is 2.44 bits per heavy atom. The van der Waals surface area contributed by atoms with Gasteiger partial charge < -0.3 is 15.7 Å². The van der Waals surface area contributed by atoms with Gasteiger partial charge in [-0.15, -0.1) is 0 Å². The number of nitrogens with one attached hydrogen (secondary N) is 2. The fourth-order valence-electron chi connectivity index (χ4n) is 1.38. The Morgan fingerprint density at radius 2 is 1.88 bits per heavy atom. The second-order valence-corrected chi connectivity index (χ2v) is 3.95. The number of rotatable bonds is 6. The number of aromatic nitrogens is 2. The van der Waals surface area contributed by atoms with Gasteiger partial charge in [-0.3, -0.25) is 0 Å². The number of hydrogen-bond acceptors (Lipinski definition) is 5. The molecule has 5 heteroatoms. The molecule has 1 rings (SSSR count). The smallest absolute Gasteiger partial charge is 0.223 e. The topological polar surface area (TPSA) is 70.1 Å². The summed E-state index contributed by atoms with van der Waals surface area (Å²) >= 11 is 0. The van der Waals surface area contributed by atoms with Crippen LogP contribution in [0, 0.1) is 13.8 Å². The Labute approximate surface area is 96.3 Å². The minimum Gasteiger partial charge on any atom is -0.392 e. The molecule has 0 aliphatic rings. The molecule has 1 aromatic rings. The van der Waals surface area contributed by atoms with Gasteiger partial charge in [0.1, 0.15) is 0 Å². The molecule has 90 valence electrons. The Balaban J connectivity index is 2.26. The highest BCUT2D eigenvalue weighted by molar-refractivity contribution is 5.27. The van der Waals surface area contributed by atoms with E-state index in [1.807, 2.05) is 19.9 Å². The zero-order valence-corrected chi connectivity index (χ0v) is 10.1. The molecule has 0 spiro atoms. The Morgan fingerprint density at radius 1 is 1.25 bits per heavy atom. The van der Waals surface area contributed by atoms with Crippen molar-refractivity contribution in [2.75, 3.05) is 25.0 Å². The van der Waals surface area contributed by atoms with Gasteiger partial charge >= 0.3 is 0 Å². The van der Waals surface area contributed by atoms with E-state index in [-0.39, 0.29) is 6.10 Å². The van der Waals surface area contributed by atoms with E-state index in [4.69, 9.17) is 5.11 Å². The molecule has 0 amide bonds. The Bertz CT molecular complexity index is 308. The first-order chi connectivity index (χ1) is 7.58. The third kappa shape index (κ3) is 5.04. The lowest BCUT2D eigenvalue weighted by Gasteiger charge is -2.08. The predicted octanol–water partition coefficient (Wildman–Crippen LogP) is 0.476. The summed E-state index contributed by atoms with van der Waals surface area (Å²) in [5.74, 6) is 0.663. The Kier molecular flexibility index (Phi) is 5.14. The number of anilines is 1. The van der Waals surface area contributed by atoms with E-state index in [2.05, 4.69) is 20.6 Å². The molecular weight excluding hydrogens is 204 g/mol. The Hall–Kier alpha value is -1.20. The fourth-order valence-corrected chi connectivity index (χ4v) is 1.38. The van der Waals surface area contributed by atoms with Crippen LogP contribution < -0.4 is 10.6 Å². The van der Waals surface area contributed by atoms with Crippen molar-refractivity contribution < 1.29 is 5.11 Å². The normalized spacial score (nSPS) is 12.5. The molecule has 0 fully saturated rings. The summed E-state index contributed by atoms with van der Waals surface area (Å²) in [5.41, 5.74) is 1.93. The van der Waals surface area contributed by atoms with Crippen molar-refractivity contribution >= 4 is 5.95 Å². The lowest BCUT2D eigenvalue weighted by Crippen LogP contribution is -2.29. The van der Waals surface area contributed by atoms with Gasteiger partial charge in [-0.25, -0.2) is 9.97 Å². The van der Waals surface area contributed by atoms with E-state index in [9.17, 15) is 0 Å². The van der Waals surface area contributed by atoms with E-state index >= 15 is 0 Å². The van der Waals surface area contributed by atoms with Gasteiger partial charge in [0, 0.05) is 31.0 Å². The molecule has 0 saturated carbocycles. The quantitative estimate of drug-likeness (QED) is 0.613. The standard InChI is InChI=1S/C11H20N4O/c1-8-6-9(2)15-11(14-8)13-5-4-12-7-10(3)16/h6,10,12,16H,4-5,7H2,1-3H3,(H,13,14,15). The monoisotopic (exact) mass is 224 g/mol. The molecule has 5 nitrogen and oxygen atoms in total. The minimum absolute atomic E-state index is 0.308. The third-order valence-electron chi connectivity index (χ3n) is 2.01. The van der Waals surface area contributed by atoms with Gasteiger partial charge in [-0.05, 0) is 26.8 Å². The third-order valence-corrected chi connectivity index (χ3v) is 2.01. The predicted molar refractivity (Wildman–Crippen MR) is 64.5 cm³/mol. The molecule has 0 saturated heterocycles. The second-order valence-electron chi connectivity index (χ2n) is 3.95. The lowest BCUT2D eigenvalue weighted by atomic mass is 10.3. The first-order valence-electron chi connectivity index (χ1n) is 5.53.